The van der Waals surface area contributed by atoms with Gasteiger partial charge in [-0.3, -0.25) is 18.6 Å². The number of phosphoric acid groups is 1. The van der Waals surface area contributed by atoms with Gasteiger partial charge in [-0.1, -0.05) is 134 Å². The van der Waals surface area contributed by atoms with Crippen LogP contribution in [0.25, 0.3) is 0 Å². The van der Waals surface area contributed by atoms with Crippen molar-refractivity contribution in [3.05, 3.63) is 24.3 Å². The summed E-state index contributed by atoms with van der Waals surface area (Å²) in [6, 6.07) is 0. The van der Waals surface area contributed by atoms with Crippen molar-refractivity contribution >= 4 is 19.8 Å². The number of allylic oxidation sites excluding steroid dienone is 4. The lowest BCUT2D eigenvalue weighted by atomic mass is 10.1. The molecule has 9 nitrogen and oxygen atoms in total. The number of hydrogen-bond acceptors (Lipinski definition) is 8. The van der Waals surface area contributed by atoms with Crippen molar-refractivity contribution in [3.8, 4) is 0 Å². The molecular formula is C40H76NO8P. The molecule has 0 aromatic heterocycles. The van der Waals surface area contributed by atoms with Crippen LogP contribution in [0, 0.1) is 0 Å². The van der Waals surface area contributed by atoms with Gasteiger partial charge in [0.05, 0.1) is 13.2 Å². The van der Waals surface area contributed by atoms with E-state index in [-0.39, 0.29) is 38.6 Å². The molecule has 0 saturated heterocycles. The lowest BCUT2D eigenvalue weighted by Gasteiger charge is -2.19. The zero-order chi connectivity index (χ0) is 36.8. The highest BCUT2D eigenvalue weighted by Gasteiger charge is 2.26. The van der Waals surface area contributed by atoms with Gasteiger partial charge in [0.1, 0.15) is 6.61 Å². The average Bonchev–Trinajstić information content (AvgIpc) is 3.10. The fraction of sp³-hybridized carbons (Fsp3) is 0.850. The molecule has 0 aliphatic carbocycles. The molecular weight excluding hydrogens is 653 g/mol. The molecule has 1 unspecified atom stereocenters. The monoisotopic (exact) mass is 730 g/mol. The zero-order valence-electron chi connectivity index (χ0n) is 32.1. The van der Waals surface area contributed by atoms with E-state index in [1.165, 1.54) is 96.3 Å². The number of nitrogens with two attached hydrogens (primary N) is 1. The van der Waals surface area contributed by atoms with E-state index in [2.05, 4.69) is 38.2 Å². The Balaban J connectivity index is 4.16. The van der Waals surface area contributed by atoms with E-state index < -0.39 is 26.5 Å². The first-order valence-corrected chi connectivity index (χ1v) is 21.8. The highest BCUT2D eigenvalue weighted by Crippen LogP contribution is 2.43. The fourth-order valence-electron chi connectivity index (χ4n) is 5.51. The number of carbonyl (C=O) groups is 2. The van der Waals surface area contributed by atoms with Gasteiger partial charge < -0.3 is 20.1 Å². The van der Waals surface area contributed by atoms with Crippen LogP contribution in [-0.2, 0) is 32.7 Å². The molecule has 0 aliphatic heterocycles. The smallest absolute Gasteiger partial charge is 0.462 e. The van der Waals surface area contributed by atoms with Gasteiger partial charge in [0.25, 0.3) is 0 Å². The van der Waals surface area contributed by atoms with Crippen LogP contribution in [0.1, 0.15) is 187 Å². The van der Waals surface area contributed by atoms with E-state index in [4.69, 9.17) is 24.3 Å². The Labute approximate surface area is 306 Å². The van der Waals surface area contributed by atoms with Crippen LogP contribution in [0.4, 0.5) is 0 Å². The normalized spacial score (nSPS) is 13.6. The number of hydrogen-bond donors (Lipinski definition) is 2. The molecule has 0 radical (unpaired) electrons. The zero-order valence-corrected chi connectivity index (χ0v) is 33.0. The second-order valence-electron chi connectivity index (χ2n) is 13.5. The molecule has 0 aromatic rings. The van der Waals surface area contributed by atoms with Crippen LogP contribution >= 0.6 is 7.82 Å². The highest BCUT2D eigenvalue weighted by atomic mass is 31.2. The minimum absolute atomic E-state index is 0.0527. The van der Waals surface area contributed by atoms with E-state index in [1.807, 2.05) is 0 Å². The third kappa shape index (κ3) is 36.3. The molecule has 10 heteroatoms. The summed E-state index contributed by atoms with van der Waals surface area (Å²) < 4.78 is 32.7. The molecule has 0 heterocycles. The van der Waals surface area contributed by atoms with Gasteiger partial charge in [0.15, 0.2) is 6.10 Å². The van der Waals surface area contributed by atoms with E-state index in [9.17, 15) is 19.0 Å². The fourth-order valence-corrected chi connectivity index (χ4v) is 6.27. The topological polar surface area (TPSA) is 134 Å². The summed E-state index contributed by atoms with van der Waals surface area (Å²) >= 11 is 0. The first-order valence-electron chi connectivity index (χ1n) is 20.3. The number of rotatable bonds is 38. The summed E-state index contributed by atoms with van der Waals surface area (Å²) in [6.07, 6.45) is 37.8. The Morgan fingerprint density at radius 3 is 1.46 bits per heavy atom. The van der Waals surface area contributed by atoms with E-state index in [1.54, 1.807) is 0 Å². The van der Waals surface area contributed by atoms with Crippen LogP contribution in [0.15, 0.2) is 24.3 Å². The maximum absolute atomic E-state index is 12.5. The SMILES string of the molecule is CCCCC/C=C/CCCCCCCC(=O)O[C@@H](COC(=O)CCCCCCCCCCC/C=C/CCCCCC)COP(=O)(O)OCCN. The van der Waals surface area contributed by atoms with Crippen LogP contribution in [0.3, 0.4) is 0 Å². The van der Waals surface area contributed by atoms with Crippen LogP contribution < -0.4 is 5.73 Å². The predicted octanol–water partition coefficient (Wildman–Crippen LogP) is 11.2. The van der Waals surface area contributed by atoms with Gasteiger partial charge >= 0.3 is 19.8 Å². The Morgan fingerprint density at radius 2 is 0.980 bits per heavy atom. The Hall–Kier alpha value is -1.51. The number of esters is 2. The van der Waals surface area contributed by atoms with Crippen molar-refractivity contribution in [2.75, 3.05) is 26.4 Å². The van der Waals surface area contributed by atoms with Gasteiger partial charge in [0, 0.05) is 19.4 Å². The van der Waals surface area contributed by atoms with Gasteiger partial charge in [-0.05, 0) is 64.2 Å². The van der Waals surface area contributed by atoms with Crippen molar-refractivity contribution in [1.29, 1.82) is 0 Å². The largest absolute Gasteiger partial charge is 0.472 e. The first kappa shape index (κ1) is 48.5. The van der Waals surface area contributed by atoms with Gasteiger partial charge in [-0.2, -0.15) is 0 Å². The maximum Gasteiger partial charge on any atom is 0.472 e. The molecule has 294 valence electrons. The van der Waals surface area contributed by atoms with Gasteiger partial charge in [-0.15, -0.1) is 0 Å². The third-order valence-corrected chi connectivity index (χ3v) is 9.54. The summed E-state index contributed by atoms with van der Waals surface area (Å²) in [4.78, 5) is 34.7. The van der Waals surface area contributed by atoms with Crippen molar-refractivity contribution in [2.45, 2.75) is 193 Å². The molecule has 0 saturated carbocycles. The molecule has 0 rings (SSSR count). The Bertz CT molecular complexity index is 881. The minimum Gasteiger partial charge on any atom is -0.462 e. The number of unbranched alkanes of at least 4 members (excludes halogenated alkanes) is 21. The number of phosphoric ester groups is 1. The first-order chi connectivity index (χ1) is 24.3. The molecule has 0 amide bonds. The highest BCUT2D eigenvalue weighted by molar-refractivity contribution is 7.47. The Kier molecular flexibility index (Phi) is 36.1. The van der Waals surface area contributed by atoms with Crippen molar-refractivity contribution in [2.24, 2.45) is 5.73 Å². The summed E-state index contributed by atoms with van der Waals surface area (Å²) in [5.41, 5.74) is 5.33. The van der Waals surface area contributed by atoms with E-state index in [0.717, 1.165) is 57.8 Å². The van der Waals surface area contributed by atoms with Crippen molar-refractivity contribution in [3.63, 3.8) is 0 Å². The van der Waals surface area contributed by atoms with Crippen molar-refractivity contribution in [1.82, 2.24) is 0 Å². The summed E-state index contributed by atoms with van der Waals surface area (Å²) in [5.74, 6) is -0.839. The van der Waals surface area contributed by atoms with Gasteiger partial charge in [0.2, 0.25) is 0 Å². The number of carbonyl (C=O) groups excluding carboxylic acids is 2. The van der Waals surface area contributed by atoms with E-state index in [0.29, 0.717) is 6.42 Å². The summed E-state index contributed by atoms with van der Waals surface area (Å²) in [6.45, 7) is 3.68. The molecule has 2 atom stereocenters. The molecule has 0 aliphatic rings. The van der Waals surface area contributed by atoms with Gasteiger partial charge in [-0.25, -0.2) is 4.57 Å². The standard InChI is InChI=1S/C40H76NO8P/c1-3-5-7-9-11-13-15-17-18-19-20-21-23-24-26-28-30-32-39(42)46-36-38(37-48-50(44,45)47-35-34-41)49-40(43)33-31-29-27-25-22-16-14-12-10-8-6-4-2/h12-15,38H,3-11,16-37,41H2,1-2H3,(H,44,45)/b14-12+,15-13+/t38-/m0/s1. The van der Waals surface area contributed by atoms with Crippen LogP contribution in [0.2, 0.25) is 0 Å². The molecule has 0 aromatic carbocycles. The van der Waals surface area contributed by atoms with Crippen LogP contribution in [-0.4, -0.2) is 49.3 Å². The van der Waals surface area contributed by atoms with Crippen LogP contribution in [0.5, 0.6) is 0 Å². The third-order valence-electron chi connectivity index (χ3n) is 8.56. The lowest BCUT2D eigenvalue weighted by molar-refractivity contribution is -0.161. The van der Waals surface area contributed by atoms with Crippen molar-refractivity contribution < 1.29 is 37.6 Å². The number of ether oxygens (including phenoxy) is 2. The summed E-state index contributed by atoms with van der Waals surface area (Å²) in [5, 5.41) is 0. The van der Waals surface area contributed by atoms with E-state index >= 15 is 0 Å². The second kappa shape index (κ2) is 37.3. The average molecular weight is 730 g/mol. The predicted molar refractivity (Wildman–Crippen MR) is 206 cm³/mol. The molecule has 0 spiro atoms. The Morgan fingerprint density at radius 1 is 0.580 bits per heavy atom. The quantitative estimate of drug-likeness (QED) is 0.0275. The molecule has 0 fully saturated rings. The molecule has 0 bridgehead atoms. The minimum atomic E-state index is -4.37. The maximum atomic E-state index is 12.5. The second-order valence-corrected chi connectivity index (χ2v) is 14.9. The summed E-state index contributed by atoms with van der Waals surface area (Å²) in [7, 11) is -4.37. The molecule has 3 N–H and O–H groups in total. The lowest BCUT2D eigenvalue weighted by Crippen LogP contribution is -2.29. The molecule has 50 heavy (non-hydrogen) atoms.